The second-order valence-corrected chi connectivity index (χ2v) is 6.27. The number of nitrogens with zero attached hydrogens (tertiary/aromatic N) is 3. The third kappa shape index (κ3) is 4.92. The van der Waals surface area contributed by atoms with Gasteiger partial charge in [0.1, 0.15) is 5.82 Å². The van der Waals surface area contributed by atoms with Crippen LogP contribution in [0.25, 0.3) is 0 Å². The number of aliphatic imine (C=N–C) groups is 1. The first-order valence-corrected chi connectivity index (χ1v) is 8.53. The first-order chi connectivity index (χ1) is 11.0. The normalized spacial score (nSPS) is 15.7. The van der Waals surface area contributed by atoms with Gasteiger partial charge in [0.15, 0.2) is 5.96 Å². The van der Waals surface area contributed by atoms with Gasteiger partial charge >= 0.3 is 0 Å². The Morgan fingerprint density at radius 3 is 2.52 bits per heavy atom. The fourth-order valence-electron chi connectivity index (χ4n) is 2.46. The molecule has 1 amide bonds. The molecule has 1 aliphatic rings. The Labute approximate surface area is 144 Å². The standard InChI is InChI=1S/C16H22BrFN4O/c1-3-19-16(22-8-6-21(7-9-22)12(2)23)20-11-13-4-5-14(17)15(18)10-13/h4-5,10H,3,6-9,11H2,1-2H3,(H,19,20). The molecule has 1 N–H and O–H groups in total. The van der Waals surface area contributed by atoms with Gasteiger partial charge in [0.2, 0.25) is 5.91 Å². The zero-order valence-electron chi connectivity index (χ0n) is 13.5. The minimum absolute atomic E-state index is 0.108. The van der Waals surface area contributed by atoms with Crippen LogP contribution in [0, 0.1) is 5.82 Å². The monoisotopic (exact) mass is 384 g/mol. The minimum atomic E-state index is -0.280. The molecular formula is C16H22BrFN4O. The van der Waals surface area contributed by atoms with E-state index >= 15 is 0 Å². The lowest BCUT2D eigenvalue weighted by molar-refractivity contribution is -0.130. The number of hydrogen-bond donors (Lipinski definition) is 1. The van der Waals surface area contributed by atoms with E-state index < -0.39 is 0 Å². The number of piperazine rings is 1. The fourth-order valence-corrected chi connectivity index (χ4v) is 2.71. The number of carbonyl (C=O) groups excluding carboxylic acids is 1. The number of nitrogens with one attached hydrogen (secondary N) is 1. The molecule has 7 heteroatoms. The van der Waals surface area contributed by atoms with Crippen LogP contribution in [0.5, 0.6) is 0 Å². The lowest BCUT2D eigenvalue weighted by atomic mass is 10.2. The average Bonchev–Trinajstić information content (AvgIpc) is 2.54. The third-order valence-corrected chi connectivity index (χ3v) is 4.40. The minimum Gasteiger partial charge on any atom is -0.357 e. The molecule has 1 heterocycles. The maximum Gasteiger partial charge on any atom is 0.219 e. The molecule has 1 saturated heterocycles. The van der Waals surface area contributed by atoms with Gasteiger partial charge in [-0.2, -0.15) is 0 Å². The van der Waals surface area contributed by atoms with Gasteiger partial charge in [0.05, 0.1) is 11.0 Å². The van der Waals surface area contributed by atoms with E-state index in [0.29, 0.717) is 24.1 Å². The maximum absolute atomic E-state index is 13.6. The van der Waals surface area contributed by atoms with E-state index in [2.05, 4.69) is 31.1 Å². The van der Waals surface area contributed by atoms with Crippen molar-refractivity contribution in [1.82, 2.24) is 15.1 Å². The molecule has 23 heavy (non-hydrogen) atoms. The first kappa shape index (κ1) is 17.7. The second-order valence-electron chi connectivity index (χ2n) is 5.41. The summed E-state index contributed by atoms with van der Waals surface area (Å²) in [7, 11) is 0. The van der Waals surface area contributed by atoms with Crippen LogP contribution in [0.3, 0.4) is 0 Å². The molecular weight excluding hydrogens is 363 g/mol. The zero-order chi connectivity index (χ0) is 16.8. The van der Waals surface area contributed by atoms with Crippen molar-refractivity contribution in [3.8, 4) is 0 Å². The van der Waals surface area contributed by atoms with Crippen molar-refractivity contribution >= 4 is 27.8 Å². The molecule has 1 aliphatic heterocycles. The van der Waals surface area contributed by atoms with Crippen molar-refractivity contribution in [2.45, 2.75) is 20.4 Å². The van der Waals surface area contributed by atoms with Crippen molar-refractivity contribution in [2.24, 2.45) is 4.99 Å². The van der Waals surface area contributed by atoms with Crippen LogP contribution >= 0.6 is 15.9 Å². The van der Waals surface area contributed by atoms with Gasteiger partial charge in [0, 0.05) is 39.6 Å². The highest BCUT2D eigenvalue weighted by molar-refractivity contribution is 9.10. The number of guanidine groups is 1. The van der Waals surface area contributed by atoms with E-state index in [1.54, 1.807) is 13.0 Å². The van der Waals surface area contributed by atoms with E-state index in [0.717, 1.165) is 31.2 Å². The summed E-state index contributed by atoms with van der Waals surface area (Å²) in [4.78, 5) is 20.0. The summed E-state index contributed by atoms with van der Waals surface area (Å²) in [5, 5.41) is 3.26. The van der Waals surface area contributed by atoms with Gasteiger partial charge in [0.25, 0.3) is 0 Å². The van der Waals surface area contributed by atoms with E-state index in [1.807, 2.05) is 17.9 Å². The number of carbonyl (C=O) groups is 1. The lowest BCUT2D eigenvalue weighted by Crippen LogP contribution is -2.53. The van der Waals surface area contributed by atoms with Crippen LogP contribution in [0.2, 0.25) is 0 Å². The highest BCUT2D eigenvalue weighted by Crippen LogP contribution is 2.17. The van der Waals surface area contributed by atoms with Crippen LogP contribution in [0.4, 0.5) is 4.39 Å². The topological polar surface area (TPSA) is 47.9 Å². The molecule has 0 aliphatic carbocycles. The molecule has 0 unspecified atom stereocenters. The molecule has 2 rings (SSSR count). The van der Waals surface area contributed by atoms with Crippen LogP contribution in [-0.2, 0) is 11.3 Å². The van der Waals surface area contributed by atoms with Crippen LogP contribution in [-0.4, -0.2) is 54.4 Å². The summed E-state index contributed by atoms with van der Waals surface area (Å²) in [6.45, 7) is 7.69. The maximum atomic E-state index is 13.6. The van der Waals surface area contributed by atoms with Crippen molar-refractivity contribution in [2.75, 3.05) is 32.7 Å². The Kier molecular flexibility index (Phi) is 6.38. The van der Waals surface area contributed by atoms with Crippen molar-refractivity contribution in [1.29, 1.82) is 0 Å². The number of hydrogen-bond acceptors (Lipinski definition) is 2. The summed E-state index contributed by atoms with van der Waals surface area (Å²) < 4.78 is 14.0. The molecule has 1 aromatic carbocycles. The van der Waals surface area contributed by atoms with E-state index in [4.69, 9.17) is 0 Å². The molecule has 1 aromatic rings. The Balaban J connectivity index is 2.02. The van der Waals surface area contributed by atoms with Crippen molar-refractivity contribution in [3.63, 3.8) is 0 Å². The van der Waals surface area contributed by atoms with E-state index in [9.17, 15) is 9.18 Å². The number of rotatable bonds is 3. The SMILES string of the molecule is CCNC(=NCc1ccc(Br)c(F)c1)N1CCN(C(C)=O)CC1. The van der Waals surface area contributed by atoms with Gasteiger partial charge in [-0.25, -0.2) is 9.38 Å². The smallest absolute Gasteiger partial charge is 0.219 e. The Morgan fingerprint density at radius 1 is 1.30 bits per heavy atom. The number of benzene rings is 1. The van der Waals surface area contributed by atoms with Crippen LogP contribution in [0.15, 0.2) is 27.7 Å². The van der Waals surface area contributed by atoms with Crippen molar-refractivity contribution < 1.29 is 9.18 Å². The molecule has 5 nitrogen and oxygen atoms in total. The molecule has 0 spiro atoms. The van der Waals surface area contributed by atoms with E-state index in [-0.39, 0.29) is 11.7 Å². The molecule has 0 atom stereocenters. The largest absolute Gasteiger partial charge is 0.357 e. The quantitative estimate of drug-likeness (QED) is 0.641. The molecule has 0 aromatic heterocycles. The summed E-state index contributed by atoms with van der Waals surface area (Å²) in [5.41, 5.74) is 0.823. The van der Waals surface area contributed by atoms with Gasteiger partial charge < -0.3 is 15.1 Å². The first-order valence-electron chi connectivity index (χ1n) is 7.74. The molecule has 1 fully saturated rings. The average molecular weight is 385 g/mol. The predicted octanol–water partition coefficient (Wildman–Crippen LogP) is 2.22. The highest BCUT2D eigenvalue weighted by Gasteiger charge is 2.20. The van der Waals surface area contributed by atoms with Gasteiger partial charge in [-0.1, -0.05) is 6.07 Å². The number of halogens is 2. The summed E-state index contributed by atoms with van der Waals surface area (Å²) in [6, 6.07) is 5.04. The zero-order valence-corrected chi connectivity index (χ0v) is 15.1. The highest BCUT2D eigenvalue weighted by atomic mass is 79.9. The lowest BCUT2D eigenvalue weighted by Gasteiger charge is -2.36. The molecule has 0 saturated carbocycles. The van der Waals surface area contributed by atoms with Gasteiger partial charge in [-0.15, -0.1) is 0 Å². The third-order valence-electron chi connectivity index (χ3n) is 3.75. The number of amides is 1. The molecule has 0 radical (unpaired) electrons. The summed E-state index contributed by atoms with van der Waals surface area (Å²) in [5.74, 6) is 0.633. The van der Waals surface area contributed by atoms with Gasteiger partial charge in [-0.3, -0.25) is 4.79 Å². The van der Waals surface area contributed by atoms with Crippen molar-refractivity contribution in [3.05, 3.63) is 34.1 Å². The summed E-state index contributed by atoms with van der Waals surface area (Å²) >= 11 is 3.15. The predicted molar refractivity (Wildman–Crippen MR) is 92.7 cm³/mol. The second kappa shape index (κ2) is 8.29. The Morgan fingerprint density at radius 2 is 1.96 bits per heavy atom. The summed E-state index contributed by atoms with van der Waals surface area (Å²) in [6.07, 6.45) is 0. The van der Waals surface area contributed by atoms with E-state index in [1.165, 1.54) is 6.07 Å². The van der Waals surface area contributed by atoms with Gasteiger partial charge in [-0.05, 0) is 40.5 Å². The van der Waals surface area contributed by atoms with Crippen LogP contribution in [0.1, 0.15) is 19.4 Å². The van der Waals surface area contributed by atoms with Crippen LogP contribution < -0.4 is 5.32 Å². The fraction of sp³-hybridized carbons (Fsp3) is 0.500. The Hall–Kier alpha value is -1.63. The molecule has 0 bridgehead atoms. The molecule has 126 valence electrons. The Bertz CT molecular complexity index is 585.